The first-order valence-corrected chi connectivity index (χ1v) is 5.78. The van der Waals surface area contributed by atoms with E-state index in [0.29, 0.717) is 19.8 Å². The van der Waals surface area contributed by atoms with Gasteiger partial charge in [0, 0.05) is 6.20 Å². The number of aromatic nitrogens is 1. The first-order chi connectivity index (χ1) is 8.38. The summed E-state index contributed by atoms with van der Waals surface area (Å²) in [5.41, 5.74) is 0.649. The van der Waals surface area contributed by atoms with Gasteiger partial charge in [-0.3, -0.25) is 0 Å². The third-order valence-electron chi connectivity index (χ3n) is 2.07. The molecule has 1 N–H and O–H groups in total. The molecule has 0 aromatic carbocycles. The Bertz CT molecular complexity index is 398. The van der Waals surface area contributed by atoms with E-state index in [4.69, 9.17) is 14.6 Å². The summed E-state index contributed by atoms with van der Waals surface area (Å²) >= 11 is 0. The van der Waals surface area contributed by atoms with Crippen LogP contribution in [-0.4, -0.2) is 34.9 Å². The molecule has 5 heteroatoms. The van der Waals surface area contributed by atoms with Crippen molar-refractivity contribution in [2.24, 2.45) is 0 Å². The van der Waals surface area contributed by atoms with Crippen molar-refractivity contribution in [3.8, 4) is 0 Å². The molecule has 1 heterocycles. The summed E-state index contributed by atoms with van der Waals surface area (Å²) in [6.07, 6.45) is 1.47. The monoisotopic (exact) mass is 253 g/mol. The maximum absolute atomic E-state index is 10.7. The Balaban J connectivity index is 2.31. The summed E-state index contributed by atoms with van der Waals surface area (Å²) < 4.78 is 10.9. The van der Waals surface area contributed by atoms with Crippen molar-refractivity contribution in [1.29, 1.82) is 0 Å². The predicted molar refractivity (Wildman–Crippen MR) is 66.6 cm³/mol. The SMILES string of the molecule is CC(C)(C)OCCOCc1ccnc(C(=O)O)c1. The van der Waals surface area contributed by atoms with Gasteiger partial charge in [-0.05, 0) is 38.5 Å². The molecular weight excluding hydrogens is 234 g/mol. The number of aromatic carboxylic acids is 1. The minimum Gasteiger partial charge on any atom is -0.477 e. The molecule has 18 heavy (non-hydrogen) atoms. The second kappa shape index (κ2) is 6.47. The molecule has 0 bridgehead atoms. The Hall–Kier alpha value is -1.46. The molecule has 1 rings (SSSR count). The summed E-state index contributed by atoms with van der Waals surface area (Å²) in [5, 5.41) is 8.79. The number of hydrogen-bond acceptors (Lipinski definition) is 4. The van der Waals surface area contributed by atoms with Gasteiger partial charge in [0.05, 0.1) is 25.4 Å². The van der Waals surface area contributed by atoms with Gasteiger partial charge in [0.15, 0.2) is 0 Å². The maximum Gasteiger partial charge on any atom is 0.354 e. The largest absolute Gasteiger partial charge is 0.477 e. The third-order valence-corrected chi connectivity index (χ3v) is 2.07. The zero-order valence-corrected chi connectivity index (χ0v) is 11.0. The number of carboxylic acid groups (broad SMARTS) is 1. The standard InChI is InChI=1S/C13H19NO4/c1-13(2,3)18-7-6-17-9-10-4-5-14-11(8-10)12(15)16/h4-5,8H,6-7,9H2,1-3H3,(H,15,16). The lowest BCUT2D eigenvalue weighted by Gasteiger charge is -2.19. The van der Waals surface area contributed by atoms with E-state index in [9.17, 15) is 4.79 Å². The fraction of sp³-hybridized carbons (Fsp3) is 0.538. The van der Waals surface area contributed by atoms with Gasteiger partial charge in [-0.2, -0.15) is 0 Å². The van der Waals surface area contributed by atoms with Crippen LogP contribution in [-0.2, 0) is 16.1 Å². The van der Waals surface area contributed by atoms with E-state index in [2.05, 4.69) is 4.98 Å². The van der Waals surface area contributed by atoms with Crippen LogP contribution in [0.5, 0.6) is 0 Å². The number of nitrogens with zero attached hydrogens (tertiary/aromatic N) is 1. The molecule has 0 spiro atoms. The van der Waals surface area contributed by atoms with E-state index in [-0.39, 0.29) is 11.3 Å². The highest BCUT2D eigenvalue weighted by Crippen LogP contribution is 2.07. The Morgan fingerprint density at radius 3 is 2.72 bits per heavy atom. The smallest absolute Gasteiger partial charge is 0.354 e. The number of carbonyl (C=O) groups is 1. The number of rotatable bonds is 6. The minimum absolute atomic E-state index is 0.0297. The maximum atomic E-state index is 10.7. The summed E-state index contributed by atoms with van der Waals surface area (Å²) in [5.74, 6) is -1.03. The van der Waals surface area contributed by atoms with E-state index >= 15 is 0 Å². The number of carboxylic acids is 1. The lowest BCUT2D eigenvalue weighted by molar-refractivity contribution is -0.0377. The average Bonchev–Trinajstić information content (AvgIpc) is 2.27. The fourth-order valence-corrected chi connectivity index (χ4v) is 1.28. The number of pyridine rings is 1. The van der Waals surface area contributed by atoms with Crippen LogP contribution in [0.25, 0.3) is 0 Å². The second-order valence-corrected chi connectivity index (χ2v) is 4.87. The Morgan fingerprint density at radius 2 is 2.11 bits per heavy atom. The summed E-state index contributed by atoms with van der Waals surface area (Å²) in [6, 6.07) is 3.24. The van der Waals surface area contributed by atoms with E-state index < -0.39 is 5.97 Å². The van der Waals surface area contributed by atoms with Crippen LogP contribution < -0.4 is 0 Å². The zero-order chi connectivity index (χ0) is 13.6. The van der Waals surface area contributed by atoms with E-state index in [1.54, 1.807) is 6.07 Å². The van der Waals surface area contributed by atoms with Gasteiger partial charge < -0.3 is 14.6 Å². The molecule has 0 radical (unpaired) electrons. The van der Waals surface area contributed by atoms with Crippen LogP contribution in [0.1, 0.15) is 36.8 Å². The van der Waals surface area contributed by atoms with Crippen LogP contribution >= 0.6 is 0 Å². The van der Waals surface area contributed by atoms with Gasteiger partial charge in [0.2, 0.25) is 0 Å². The molecular formula is C13H19NO4. The molecule has 0 aliphatic heterocycles. The van der Waals surface area contributed by atoms with Crippen molar-refractivity contribution in [3.63, 3.8) is 0 Å². The molecule has 0 unspecified atom stereocenters. The van der Waals surface area contributed by atoms with E-state index in [0.717, 1.165) is 5.56 Å². The Kier molecular flexibility index (Phi) is 5.25. The number of ether oxygens (including phenoxy) is 2. The quantitative estimate of drug-likeness (QED) is 0.786. The van der Waals surface area contributed by atoms with Gasteiger partial charge in [0.1, 0.15) is 5.69 Å². The van der Waals surface area contributed by atoms with Crippen molar-refractivity contribution < 1.29 is 19.4 Å². The predicted octanol–water partition coefficient (Wildman–Crippen LogP) is 2.11. The first kappa shape index (κ1) is 14.6. The molecule has 0 aliphatic carbocycles. The fourth-order valence-electron chi connectivity index (χ4n) is 1.28. The highest BCUT2D eigenvalue weighted by Gasteiger charge is 2.09. The molecule has 0 fully saturated rings. The third kappa shape index (κ3) is 5.75. The van der Waals surface area contributed by atoms with E-state index in [1.807, 2.05) is 20.8 Å². The molecule has 5 nitrogen and oxygen atoms in total. The summed E-state index contributed by atoms with van der Waals surface area (Å²) in [7, 11) is 0. The van der Waals surface area contributed by atoms with Crippen LogP contribution in [0, 0.1) is 0 Å². The average molecular weight is 253 g/mol. The lowest BCUT2D eigenvalue weighted by atomic mass is 10.2. The molecule has 1 aromatic heterocycles. The van der Waals surface area contributed by atoms with Gasteiger partial charge in [0.25, 0.3) is 0 Å². The highest BCUT2D eigenvalue weighted by atomic mass is 16.5. The van der Waals surface area contributed by atoms with Crippen LogP contribution in [0.4, 0.5) is 0 Å². The highest BCUT2D eigenvalue weighted by molar-refractivity contribution is 5.85. The topological polar surface area (TPSA) is 68.7 Å². The lowest BCUT2D eigenvalue weighted by Crippen LogP contribution is -2.21. The van der Waals surface area contributed by atoms with E-state index in [1.165, 1.54) is 12.3 Å². The summed E-state index contributed by atoms with van der Waals surface area (Å²) in [4.78, 5) is 14.5. The summed E-state index contributed by atoms with van der Waals surface area (Å²) in [6.45, 7) is 7.29. The van der Waals surface area contributed by atoms with Gasteiger partial charge in [-0.1, -0.05) is 0 Å². The minimum atomic E-state index is -1.03. The van der Waals surface area contributed by atoms with Crippen molar-refractivity contribution >= 4 is 5.97 Å². The van der Waals surface area contributed by atoms with Crippen molar-refractivity contribution in [3.05, 3.63) is 29.6 Å². The normalized spacial score (nSPS) is 11.5. The van der Waals surface area contributed by atoms with Gasteiger partial charge in [-0.25, -0.2) is 9.78 Å². The van der Waals surface area contributed by atoms with Crippen LogP contribution in [0.2, 0.25) is 0 Å². The molecule has 1 aromatic rings. The van der Waals surface area contributed by atoms with Gasteiger partial charge in [-0.15, -0.1) is 0 Å². The molecule has 100 valence electrons. The first-order valence-electron chi connectivity index (χ1n) is 5.78. The molecule has 0 saturated heterocycles. The van der Waals surface area contributed by atoms with Gasteiger partial charge >= 0.3 is 5.97 Å². The van der Waals surface area contributed by atoms with Crippen molar-refractivity contribution in [1.82, 2.24) is 4.98 Å². The number of hydrogen-bond donors (Lipinski definition) is 1. The molecule has 0 aliphatic rings. The van der Waals surface area contributed by atoms with Crippen LogP contribution in [0.3, 0.4) is 0 Å². The van der Waals surface area contributed by atoms with Crippen molar-refractivity contribution in [2.45, 2.75) is 33.0 Å². The Morgan fingerprint density at radius 1 is 1.39 bits per heavy atom. The Labute approximate surface area is 107 Å². The molecule has 0 amide bonds. The molecule has 0 saturated carbocycles. The van der Waals surface area contributed by atoms with Crippen molar-refractivity contribution in [2.75, 3.05) is 13.2 Å². The zero-order valence-electron chi connectivity index (χ0n) is 11.0. The molecule has 0 atom stereocenters. The second-order valence-electron chi connectivity index (χ2n) is 4.87. The van der Waals surface area contributed by atoms with Crippen LogP contribution in [0.15, 0.2) is 18.3 Å².